The van der Waals surface area contributed by atoms with Crippen molar-refractivity contribution in [2.75, 3.05) is 6.61 Å². The molecular weight excluding hydrogens is 534 g/mol. The fourth-order valence-electron chi connectivity index (χ4n) is 4.14. The number of aromatic nitrogens is 4. The van der Waals surface area contributed by atoms with Crippen molar-refractivity contribution in [2.24, 2.45) is 0 Å². The lowest BCUT2D eigenvalue weighted by atomic mass is 10.0. The Bertz CT molecular complexity index is 1790. The highest BCUT2D eigenvalue weighted by atomic mass is 35.5. The summed E-state index contributed by atoms with van der Waals surface area (Å²) in [6.45, 7) is 0.312. The Morgan fingerprint density at radius 3 is 2.74 bits per heavy atom. The molecule has 1 aliphatic rings. The quantitative estimate of drug-likeness (QED) is 0.396. The van der Waals surface area contributed by atoms with Gasteiger partial charge in [0, 0.05) is 35.7 Å². The van der Waals surface area contributed by atoms with E-state index in [9.17, 15) is 23.5 Å². The molecule has 39 heavy (non-hydrogen) atoms. The van der Waals surface area contributed by atoms with Gasteiger partial charge in [0.05, 0.1) is 33.0 Å². The summed E-state index contributed by atoms with van der Waals surface area (Å²) in [6, 6.07) is 6.35. The number of fused-ring (bicyclic) bond motifs is 3. The van der Waals surface area contributed by atoms with Crippen LogP contribution >= 0.6 is 11.6 Å². The maximum Gasteiger partial charge on any atom is 0.278 e. The maximum atomic E-state index is 14.3. The molecular formula is C27H23ClF2N4O5. The van der Waals surface area contributed by atoms with E-state index in [-0.39, 0.29) is 41.6 Å². The predicted octanol–water partition coefficient (Wildman–Crippen LogP) is 3.84. The first-order chi connectivity index (χ1) is 19.3. The van der Waals surface area contributed by atoms with Crippen LogP contribution in [-0.2, 0) is 18.6 Å². The van der Waals surface area contributed by atoms with Crippen LogP contribution in [0.25, 0.3) is 11.5 Å². The molecule has 0 fully saturated rings. The Morgan fingerprint density at radius 1 is 1.21 bits per heavy atom. The lowest BCUT2D eigenvalue weighted by Gasteiger charge is -2.22. The first-order valence-electron chi connectivity index (χ1n) is 12.8. The molecule has 0 radical (unpaired) electrons. The number of hydrogen-bond acceptors (Lipinski definition) is 7. The summed E-state index contributed by atoms with van der Waals surface area (Å²) in [6.07, 6.45) is 4.20. The van der Waals surface area contributed by atoms with Crippen molar-refractivity contribution in [3.8, 4) is 23.0 Å². The predicted molar refractivity (Wildman–Crippen MR) is 138 cm³/mol. The average Bonchev–Trinajstić information content (AvgIpc) is 2.87. The Kier molecular flexibility index (Phi) is 6.29. The van der Waals surface area contributed by atoms with E-state index in [1.165, 1.54) is 53.6 Å². The van der Waals surface area contributed by atoms with E-state index in [1.807, 2.05) is 0 Å². The van der Waals surface area contributed by atoms with Crippen molar-refractivity contribution in [1.29, 1.82) is 0 Å². The zero-order chi connectivity index (χ0) is 29.7. The molecule has 12 heteroatoms. The average molecular weight is 559 g/mol. The van der Waals surface area contributed by atoms with E-state index < -0.39 is 45.6 Å². The van der Waals surface area contributed by atoms with Gasteiger partial charge in [-0.3, -0.25) is 23.7 Å². The highest BCUT2D eigenvalue weighted by molar-refractivity contribution is 6.31. The van der Waals surface area contributed by atoms with Gasteiger partial charge in [0.25, 0.3) is 11.1 Å². The molecule has 0 saturated carbocycles. The van der Waals surface area contributed by atoms with E-state index >= 15 is 0 Å². The Hall–Kier alpha value is -4.09. The minimum Gasteiger partial charge on any atom is -0.490 e. The topological polar surface area (TPSA) is 108 Å². The third-order valence-corrected chi connectivity index (χ3v) is 6.37. The van der Waals surface area contributed by atoms with Crippen LogP contribution in [-0.4, -0.2) is 30.8 Å². The Morgan fingerprint density at radius 2 is 2.00 bits per heavy atom. The zero-order valence-electron chi connectivity index (χ0n) is 22.7. The fourth-order valence-corrected chi connectivity index (χ4v) is 4.32. The Labute approximate surface area is 228 Å². The molecule has 5 rings (SSSR count). The molecule has 1 N–H and O–H groups in total. The van der Waals surface area contributed by atoms with Crippen LogP contribution < -0.4 is 20.6 Å². The van der Waals surface area contributed by atoms with Crippen molar-refractivity contribution in [3.05, 3.63) is 103 Å². The number of aryl methyl sites for hydroxylation is 1. The monoisotopic (exact) mass is 558 g/mol. The molecule has 0 amide bonds. The highest BCUT2D eigenvalue weighted by Gasteiger charge is 2.24. The second-order valence-electron chi connectivity index (χ2n) is 9.26. The number of rotatable bonds is 5. The summed E-state index contributed by atoms with van der Waals surface area (Å²) in [5.74, 6) is -2.29. The van der Waals surface area contributed by atoms with Crippen LogP contribution in [0.15, 0.2) is 58.5 Å². The normalized spacial score (nSPS) is 14.2. The molecule has 202 valence electrons. The Balaban J connectivity index is 1.64. The third kappa shape index (κ3) is 5.15. The van der Waals surface area contributed by atoms with Crippen LogP contribution in [0.4, 0.5) is 8.78 Å². The molecule has 0 aliphatic carbocycles. The SMILES string of the molecule is [2H]C([2H])(Oc1cc2n(c(=O)c1Cl)-c1cc(-n3cccc(C(C)(C)O)c3=O)ncc1OCCC2)c1ncc(F)cc1F. The summed E-state index contributed by atoms with van der Waals surface area (Å²) in [5, 5.41) is 9.89. The second-order valence-corrected chi connectivity index (χ2v) is 9.64. The molecule has 0 bridgehead atoms. The smallest absolute Gasteiger partial charge is 0.278 e. The molecule has 0 spiro atoms. The van der Waals surface area contributed by atoms with Crippen molar-refractivity contribution in [1.82, 2.24) is 19.1 Å². The molecule has 0 unspecified atom stereocenters. The van der Waals surface area contributed by atoms with Gasteiger partial charge in [-0.1, -0.05) is 11.6 Å². The maximum absolute atomic E-state index is 14.3. The number of pyridine rings is 4. The van der Waals surface area contributed by atoms with Crippen molar-refractivity contribution in [2.45, 2.75) is 38.8 Å². The summed E-state index contributed by atoms with van der Waals surface area (Å²) >= 11 is 6.36. The number of hydrogen-bond donors (Lipinski definition) is 1. The standard InChI is InChI=1S/C27H23ClF2N4O5/c1-27(2,37)17-6-3-7-33(25(17)35)23-11-20-22(13-32-23)38-8-4-5-16-10-21(24(28)26(36)34(16)20)39-14-19-18(30)9-15(29)12-31-19/h3,6-7,9-13,37H,4-5,8,14H2,1-2H3/i14D2. The van der Waals surface area contributed by atoms with E-state index in [0.29, 0.717) is 24.4 Å². The van der Waals surface area contributed by atoms with Gasteiger partial charge in [0.2, 0.25) is 0 Å². The number of nitrogens with zero attached hydrogens (tertiary/aromatic N) is 4. The van der Waals surface area contributed by atoms with Gasteiger partial charge < -0.3 is 14.6 Å². The molecule has 0 atom stereocenters. The van der Waals surface area contributed by atoms with Crippen LogP contribution in [0.5, 0.6) is 11.5 Å². The van der Waals surface area contributed by atoms with E-state index in [2.05, 4.69) is 9.97 Å². The van der Waals surface area contributed by atoms with E-state index in [0.717, 1.165) is 0 Å². The molecule has 4 aromatic rings. The molecule has 9 nitrogen and oxygen atoms in total. The van der Waals surface area contributed by atoms with Gasteiger partial charge in [-0.25, -0.2) is 13.8 Å². The van der Waals surface area contributed by atoms with E-state index in [1.54, 1.807) is 6.07 Å². The zero-order valence-corrected chi connectivity index (χ0v) is 21.5. The van der Waals surface area contributed by atoms with Crippen molar-refractivity contribution in [3.63, 3.8) is 0 Å². The molecule has 1 aliphatic heterocycles. The summed E-state index contributed by atoms with van der Waals surface area (Å²) < 4.78 is 57.6. The van der Waals surface area contributed by atoms with Gasteiger partial charge in [-0.15, -0.1) is 0 Å². The van der Waals surface area contributed by atoms with Gasteiger partial charge in [0.1, 0.15) is 34.7 Å². The lowest BCUT2D eigenvalue weighted by molar-refractivity contribution is 0.0767. The third-order valence-electron chi connectivity index (χ3n) is 6.02. The highest BCUT2D eigenvalue weighted by Crippen LogP contribution is 2.31. The number of ether oxygens (including phenoxy) is 2. The summed E-state index contributed by atoms with van der Waals surface area (Å²) in [4.78, 5) is 34.5. The second kappa shape index (κ2) is 10.2. The molecule has 5 heterocycles. The minimum absolute atomic E-state index is 0.132. The van der Waals surface area contributed by atoms with Crippen LogP contribution in [0.3, 0.4) is 0 Å². The summed E-state index contributed by atoms with van der Waals surface area (Å²) in [7, 11) is 0. The van der Waals surface area contributed by atoms with Crippen LogP contribution in [0.1, 0.15) is 40.0 Å². The van der Waals surface area contributed by atoms with Gasteiger partial charge in [-0.2, -0.15) is 0 Å². The van der Waals surface area contributed by atoms with E-state index in [4.69, 9.17) is 23.8 Å². The van der Waals surface area contributed by atoms with Gasteiger partial charge in [0.15, 0.2) is 11.6 Å². The largest absolute Gasteiger partial charge is 0.490 e. The van der Waals surface area contributed by atoms with Gasteiger partial charge >= 0.3 is 0 Å². The fraction of sp³-hybridized carbons (Fsp3) is 0.259. The number of halogens is 3. The summed E-state index contributed by atoms with van der Waals surface area (Å²) in [5.41, 5.74) is -2.86. The van der Waals surface area contributed by atoms with Gasteiger partial charge in [-0.05, 0) is 38.8 Å². The van der Waals surface area contributed by atoms with Crippen molar-refractivity contribution >= 4 is 11.6 Å². The first-order valence-corrected chi connectivity index (χ1v) is 12.2. The van der Waals surface area contributed by atoms with Crippen LogP contribution in [0, 0.1) is 11.6 Å². The first kappa shape index (κ1) is 24.0. The lowest BCUT2D eigenvalue weighted by Crippen LogP contribution is -2.31. The van der Waals surface area contributed by atoms with Crippen LogP contribution in [0.2, 0.25) is 5.02 Å². The molecule has 4 aromatic heterocycles. The van der Waals surface area contributed by atoms with Crippen molar-refractivity contribution < 1.29 is 26.1 Å². The molecule has 0 aromatic carbocycles. The number of aliphatic hydroxyl groups is 1. The minimum atomic E-state index is -2.90. The molecule has 0 saturated heterocycles.